The number of hydrogen-bond donors (Lipinski definition) is 2. The quantitative estimate of drug-likeness (QED) is 0.357. The summed E-state index contributed by atoms with van der Waals surface area (Å²) >= 11 is 0. The Morgan fingerprint density at radius 2 is 2.21 bits per heavy atom. The van der Waals surface area contributed by atoms with Crippen LogP contribution in [0.3, 0.4) is 0 Å². The van der Waals surface area contributed by atoms with Crippen LogP contribution in [0.25, 0.3) is 11.0 Å². The van der Waals surface area contributed by atoms with Gasteiger partial charge in [-0.1, -0.05) is 17.3 Å². The lowest BCUT2D eigenvalue weighted by molar-refractivity contribution is -0.385. The number of aromatic nitrogens is 3. The van der Waals surface area contributed by atoms with E-state index in [1.807, 2.05) is 24.3 Å². The standard InChI is InChI=1S/C17H16N6O5/c1-28-15-9-12(23(26)27)8-11(17(15)25)10-18-20-16(24)6-7-22-14-5-3-2-4-13(14)19-21-22/h2-5,8-10,25H,6-7H2,1H3,(H,20,24)/b18-10+. The fraction of sp³-hybridized carbons (Fsp3) is 0.176. The molecular formula is C17H16N6O5. The molecule has 28 heavy (non-hydrogen) atoms. The number of carbonyl (C=O) groups is 1. The molecule has 0 unspecified atom stereocenters. The van der Waals surface area contributed by atoms with Crippen LogP contribution in [-0.4, -0.2) is 44.3 Å². The first-order valence-electron chi connectivity index (χ1n) is 8.15. The number of aromatic hydroxyl groups is 1. The highest BCUT2D eigenvalue weighted by Gasteiger charge is 2.15. The number of nitro groups is 1. The predicted molar refractivity (Wildman–Crippen MR) is 99.2 cm³/mol. The van der Waals surface area contributed by atoms with E-state index in [9.17, 15) is 20.0 Å². The number of rotatable bonds is 7. The van der Waals surface area contributed by atoms with Crippen molar-refractivity contribution in [1.29, 1.82) is 0 Å². The average Bonchev–Trinajstić information content (AvgIpc) is 3.10. The number of non-ortho nitro benzene ring substituents is 1. The fourth-order valence-corrected chi connectivity index (χ4v) is 2.49. The maximum Gasteiger partial charge on any atom is 0.274 e. The van der Waals surface area contributed by atoms with Crippen LogP contribution in [0.4, 0.5) is 5.69 Å². The topological polar surface area (TPSA) is 145 Å². The molecule has 0 saturated carbocycles. The molecule has 0 spiro atoms. The molecule has 0 fully saturated rings. The van der Waals surface area contributed by atoms with Crippen molar-refractivity contribution in [2.75, 3.05) is 7.11 Å². The number of methoxy groups -OCH3 is 1. The number of amides is 1. The monoisotopic (exact) mass is 384 g/mol. The number of nitrogens with one attached hydrogen (secondary N) is 1. The van der Waals surface area contributed by atoms with Gasteiger partial charge in [0, 0.05) is 18.1 Å². The molecule has 0 bridgehead atoms. The van der Waals surface area contributed by atoms with E-state index in [0.29, 0.717) is 6.54 Å². The molecule has 144 valence electrons. The van der Waals surface area contributed by atoms with Crippen LogP contribution in [0.15, 0.2) is 41.5 Å². The molecule has 0 aliphatic heterocycles. The van der Waals surface area contributed by atoms with E-state index >= 15 is 0 Å². The fourth-order valence-electron chi connectivity index (χ4n) is 2.49. The molecule has 0 aliphatic rings. The lowest BCUT2D eigenvalue weighted by Crippen LogP contribution is -2.19. The summed E-state index contributed by atoms with van der Waals surface area (Å²) < 4.78 is 6.51. The average molecular weight is 384 g/mol. The van der Waals surface area contributed by atoms with Crippen LogP contribution in [0.5, 0.6) is 11.5 Å². The summed E-state index contributed by atoms with van der Waals surface area (Å²) in [7, 11) is 1.27. The molecule has 11 nitrogen and oxygen atoms in total. The highest BCUT2D eigenvalue weighted by Crippen LogP contribution is 2.33. The Labute approximate surface area is 158 Å². The van der Waals surface area contributed by atoms with Gasteiger partial charge in [0.05, 0.1) is 36.4 Å². The van der Waals surface area contributed by atoms with Crippen LogP contribution in [0.2, 0.25) is 0 Å². The zero-order valence-corrected chi connectivity index (χ0v) is 14.8. The Balaban J connectivity index is 1.63. The van der Waals surface area contributed by atoms with Gasteiger partial charge in [0.1, 0.15) is 5.52 Å². The van der Waals surface area contributed by atoms with Gasteiger partial charge in [-0.3, -0.25) is 14.9 Å². The van der Waals surface area contributed by atoms with Crippen LogP contribution < -0.4 is 10.2 Å². The van der Waals surface area contributed by atoms with Gasteiger partial charge in [0.15, 0.2) is 11.5 Å². The number of nitrogens with zero attached hydrogens (tertiary/aromatic N) is 5. The van der Waals surface area contributed by atoms with Crippen LogP contribution in [0.1, 0.15) is 12.0 Å². The first kappa shape index (κ1) is 18.8. The molecule has 2 N–H and O–H groups in total. The minimum absolute atomic E-state index is 0.0358. The van der Waals surface area contributed by atoms with Gasteiger partial charge in [-0.25, -0.2) is 10.1 Å². The Hall–Kier alpha value is -4.02. The van der Waals surface area contributed by atoms with Crippen molar-refractivity contribution < 1.29 is 19.6 Å². The van der Waals surface area contributed by atoms with Gasteiger partial charge in [-0.15, -0.1) is 5.10 Å². The number of fused-ring (bicyclic) bond motifs is 1. The molecule has 1 aromatic heterocycles. The van der Waals surface area contributed by atoms with Crippen LogP contribution >= 0.6 is 0 Å². The van der Waals surface area contributed by atoms with Crippen molar-refractivity contribution in [3.05, 3.63) is 52.1 Å². The van der Waals surface area contributed by atoms with Crippen molar-refractivity contribution in [1.82, 2.24) is 20.4 Å². The number of carbonyl (C=O) groups excluding carboxylic acids is 1. The second kappa shape index (κ2) is 8.12. The molecule has 0 atom stereocenters. The SMILES string of the molecule is COc1cc([N+](=O)[O-])cc(/C=N/NC(=O)CCn2nnc3ccccc32)c1O. The van der Waals surface area contributed by atoms with Crippen molar-refractivity contribution in [2.24, 2.45) is 5.10 Å². The number of benzene rings is 2. The van der Waals surface area contributed by atoms with Crippen LogP contribution in [0, 0.1) is 10.1 Å². The number of hydrazone groups is 1. The highest BCUT2D eigenvalue weighted by molar-refractivity contribution is 5.87. The second-order valence-corrected chi connectivity index (χ2v) is 5.69. The number of phenols is 1. The number of aryl methyl sites for hydroxylation is 1. The van der Waals surface area contributed by atoms with Crippen molar-refractivity contribution in [3.63, 3.8) is 0 Å². The minimum Gasteiger partial charge on any atom is -0.504 e. The molecule has 1 heterocycles. The summed E-state index contributed by atoms with van der Waals surface area (Å²) in [5, 5.41) is 32.7. The van der Waals surface area contributed by atoms with Crippen molar-refractivity contribution in [2.45, 2.75) is 13.0 Å². The minimum atomic E-state index is -0.625. The van der Waals surface area contributed by atoms with Gasteiger partial charge in [0.25, 0.3) is 5.69 Å². The molecule has 3 rings (SSSR count). The summed E-state index contributed by atoms with van der Waals surface area (Å²) in [5.74, 6) is -0.784. The Morgan fingerprint density at radius 3 is 2.96 bits per heavy atom. The molecule has 0 aliphatic carbocycles. The normalized spacial score (nSPS) is 11.0. The van der Waals surface area contributed by atoms with Gasteiger partial charge in [0.2, 0.25) is 5.91 Å². The van der Waals surface area contributed by atoms with E-state index < -0.39 is 10.8 Å². The Bertz CT molecular complexity index is 1060. The summed E-state index contributed by atoms with van der Waals surface area (Å²) in [6, 6.07) is 9.59. The molecule has 11 heteroatoms. The number of hydrogen-bond acceptors (Lipinski definition) is 8. The van der Waals surface area contributed by atoms with Crippen molar-refractivity contribution in [3.8, 4) is 11.5 Å². The maximum atomic E-state index is 12.0. The summed E-state index contributed by atoms with van der Waals surface area (Å²) in [4.78, 5) is 22.3. The Morgan fingerprint density at radius 1 is 1.43 bits per heavy atom. The molecular weight excluding hydrogens is 368 g/mol. The predicted octanol–water partition coefficient (Wildman–Crippen LogP) is 1.59. The zero-order chi connectivity index (χ0) is 20.1. The third-order valence-electron chi connectivity index (χ3n) is 3.88. The van der Waals surface area contributed by atoms with Gasteiger partial charge < -0.3 is 9.84 Å². The summed E-state index contributed by atoms with van der Waals surface area (Å²) in [6.45, 7) is 0.303. The van der Waals surface area contributed by atoms with Gasteiger partial charge in [-0.2, -0.15) is 5.10 Å². The lowest BCUT2D eigenvalue weighted by atomic mass is 10.2. The first-order valence-corrected chi connectivity index (χ1v) is 8.15. The summed E-state index contributed by atoms with van der Waals surface area (Å²) in [5.41, 5.74) is 3.61. The van der Waals surface area contributed by atoms with E-state index in [2.05, 4.69) is 20.8 Å². The van der Waals surface area contributed by atoms with Gasteiger partial charge in [-0.05, 0) is 12.1 Å². The van der Waals surface area contributed by atoms with Gasteiger partial charge >= 0.3 is 0 Å². The molecule has 0 radical (unpaired) electrons. The molecule has 2 aromatic carbocycles. The highest BCUT2D eigenvalue weighted by atomic mass is 16.6. The smallest absolute Gasteiger partial charge is 0.274 e. The third-order valence-corrected chi connectivity index (χ3v) is 3.88. The molecule has 0 saturated heterocycles. The van der Waals surface area contributed by atoms with E-state index in [1.54, 1.807) is 4.68 Å². The summed E-state index contributed by atoms with van der Waals surface area (Å²) in [6.07, 6.45) is 1.20. The lowest BCUT2D eigenvalue weighted by Gasteiger charge is -2.06. The van der Waals surface area contributed by atoms with Crippen molar-refractivity contribution >= 4 is 28.8 Å². The molecule has 1 amide bonds. The number of phenolic OH excluding ortho intramolecular Hbond substituents is 1. The zero-order valence-electron chi connectivity index (χ0n) is 14.8. The van der Waals surface area contributed by atoms with E-state index in [-0.39, 0.29) is 29.2 Å². The Kier molecular flexibility index (Phi) is 5.44. The van der Waals surface area contributed by atoms with E-state index in [4.69, 9.17) is 4.74 Å². The first-order chi connectivity index (χ1) is 13.5. The van der Waals surface area contributed by atoms with E-state index in [1.165, 1.54) is 7.11 Å². The number of nitro benzene ring substituents is 1. The number of para-hydroxylation sites is 1. The maximum absolute atomic E-state index is 12.0. The second-order valence-electron chi connectivity index (χ2n) is 5.69. The number of ether oxygens (including phenoxy) is 1. The third kappa shape index (κ3) is 4.03. The van der Waals surface area contributed by atoms with E-state index in [0.717, 1.165) is 29.4 Å². The largest absolute Gasteiger partial charge is 0.504 e. The van der Waals surface area contributed by atoms with Crippen LogP contribution in [-0.2, 0) is 11.3 Å². The molecule has 3 aromatic rings.